The van der Waals surface area contributed by atoms with Gasteiger partial charge in [0.15, 0.2) is 0 Å². The van der Waals surface area contributed by atoms with Crippen LogP contribution in [0.4, 0.5) is 0 Å². The van der Waals surface area contributed by atoms with Gasteiger partial charge in [0.2, 0.25) is 0 Å². The average Bonchev–Trinajstić information content (AvgIpc) is 2.47. The standard InChI is InChI=1S/C14H13BrN2O3/c1-19-12-4-3-9(15)7-10(12)11-5-6-16-13(17-11)8-14(18)20-2/h3-7H,8H2,1-2H3. The average molecular weight is 337 g/mol. The number of methoxy groups -OCH3 is 2. The van der Waals surface area contributed by atoms with Crippen molar-refractivity contribution < 1.29 is 14.3 Å². The van der Waals surface area contributed by atoms with Gasteiger partial charge in [-0.25, -0.2) is 9.97 Å². The number of aromatic nitrogens is 2. The smallest absolute Gasteiger partial charge is 0.313 e. The molecule has 104 valence electrons. The van der Waals surface area contributed by atoms with Crippen LogP contribution in [0.3, 0.4) is 0 Å². The number of hydrogen-bond acceptors (Lipinski definition) is 5. The van der Waals surface area contributed by atoms with Crippen LogP contribution < -0.4 is 4.74 Å². The molecular formula is C14H13BrN2O3. The third kappa shape index (κ3) is 3.33. The lowest BCUT2D eigenvalue weighted by Crippen LogP contribution is -2.08. The highest BCUT2D eigenvalue weighted by atomic mass is 79.9. The molecule has 0 aliphatic rings. The third-order valence-corrected chi connectivity index (χ3v) is 3.17. The van der Waals surface area contributed by atoms with Crippen LogP contribution in [0, 0.1) is 0 Å². The second kappa shape index (κ2) is 6.47. The lowest BCUT2D eigenvalue weighted by molar-refractivity contribution is -0.139. The highest BCUT2D eigenvalue weighted by molar-refractivity contribution is 9.10. The summed E-state index contributed by atoms with van der Waals surface area (Å²) in [5.74, 6) is 0.746. The van der Waals surface area contributed by atoms with E-state index in [0.29, 0.717) is 17.3 Å². The summed E-state index contributed by atoms with van der Waals surface area (Å²) in [5, 5.41) is 0. The zero-order valence-electron chi connectivity index (χ0n) is 11.1. The normalized spacial score (nSPS) is 10.2. The predicted octanol–water partition coefficient (Wildman–Crippen LogP) is 2.63. The van der Waals surface area contributed by atoms with Gasteiger partial charge < -0.3 is 9.47 Å². The van der Waals surface area contributed by atoms with E-state index in [-0.39, 0.29) is 12.4 Å². The van der Waals surface area contributed by atoms with Crippen LogP contribution in [-0.2, 0) is 16.0 Å². The summed E-state index contributed by atoms with van der Waals surface area (Å²) in [6, 6.07) is 7.41. The summed E-state index contributed by atoms with van der Waals surface area (Å²) >= 11 is 3.42. The maximum absolute atomic E-state index is 11.3. The maximum Gasteiger partial charge on any atom is 0.313 e. The molecule has 0 saturated carbocycles. The minimum Gasteiger partial charge on any atom is -0.496 e. The van der Waals surface area contributed by atoms with Crippen LogP contribution in [0.2, 0.25) is 0 Å². The Morgan fingerprint density at radius 1 is 1.30 bits per heavy atom. The summed E-state index contributed by atoms with van der Waals surface area (Å²) < 4.78 is 10.9. The molecule has 0 saturated heterocycles. The molecule has 0 amide bonds. The second-order valence-corrected chi connectivity index (χ2v) is 4.87. The number of nitrogens with zero attached hydrogens (tertiary/aromatic N) is 2. The first-order chi connectivity index (χ1) is 9.63. The molecule has 0 radical (unpaired) electrons. The predicted molar refractivity (Wildman–Crippen MR) is 77.4 cm³/mol. The van der Waals surface area contributed by atoms with Crippen molar-refractivity contribution in [2.24, 2.45) is 0 Å². The highest BCUT2D eigenvalue weighted by Crippen LogP contribution is 2.31. The Kier molecular flexibility index (Phi) is 4.68. The molecular weight excluding hydrogens is 324 g/mol. The number of halogens is 1. The van der Waals surface area contributed by atoms with Gasteiger partial charge in [-0.3, -0.25) is 4.79 Å². The van der Waals surface area contributed by atoms with Crippen molar-refractivity contribution in [3.05, 3.63) is 40.8 Å². The summed E-state index contributed by atoms with van der Waals surface area (Å²) in [6.45, 7) is 0. The van der Waals surface area contributed by atoms with Crippen molar-refractivity contribution in [3.8, 4) is 17.0 Å². The van der Waals surface area contributed by atoms with E-state index in [1.54, 1.807) is 19.4 Å². The van der Waals surface area contributed by atoms with E-state index in [9.17, 15) is 4.79 Å². The summed E-state index contributed by atoms with van der Waals surface area (Å²) in [5.41, 5.74) is 1.52. The first-order valence-corrected chi connectivity index (χ1v) is 6.66. The molecule has 0 unspecified atom stereocenters. The van der Waals surface area contributed by atoms with E-state index in [1.165, 1.54) is 7.11 Å². The van der Waals surface area contributed by atoms with E-state index >= 15 is 0 Å². The van der Waals surface area contributed by atoms with Gasteiger partial charge >= 0.3 is 5.97 Å². The molecule has 0 aliphatic heterocycles. The Balaban J connectivity index is 2.40. The molecule has 5 nitrogen and oxygen atoms in total. The van der Waals surface area contributed by atoms with Gasteiger partial charge in [-0.15, -0.1) is 0 Å². The number of carbonyl (C=O) groups is 1. The van der Waals surface area contributed by atoms with Gasteiger partial charge in [-0.2, -0.15) is 0 Å². The zero-order chi connectivity index (χ0) is 14.5. The topological polar surface area (TPSA) is 61.3 Å². The maximum atomic E-state index is 11.3. The van der Waals surface area contributed by atoms with Gasteiger partial charge in [0.1, 0.15) is 18.0 Å². The quantitative estimate of drug-likeness (QED) is 0.803. The first-order valence-electron chi connectivity index (χ1n) is 5.86. The summed E-state index contributed by atoms with van der Waals surface area (Å²) in [6.07, 6.45) is 1.65. The van der Waals surface area contributed by atoms with E-state index < -0.39 is 0 Å². The molecule has 0 aliphatic carbocycles. The molecule has 2 rings (SSSR count). The van der Waals surface area contributed by atoms with Gasteiger partial charge in [-0.1, -0.05) is 15.9 Å². The number of carbonyl (C=O) groups excluding carboxylic acids is 1. The Hall–Kier alpha value is -1.95. The SMILES string of the molecule is COC(=O)Cc1nccc(-c2cc(Br)ccc2OC)n1. The second-order valence-electron chi connectivity index (χ2n) is 3.96. The lowest BCUT2D eigenvalue weighted by Gasteiger charge is -2.09. The van der Waals surface area contributed by atoms with Crippen molar-refractivity contribution in [2.75, 3.05) is 14.2 Å². The zero-order valence-corrected chi connectivity index (χ0v) is 12.7. The fourth-order valence-corrected chi connectivity index (χ4v) is 2.08. The molecule has 0 N–H and O–H groups in total. The first kappa shape index (κ1) is 14.5. The number of rotatable bonds is 4. The van der Waals surface area contributed by atoms with Crippen LogP contribution in [0.15, 0.2) is 34.9 Å². The fraction of sp³-hybridized carbons (Fsp3) is 0.214. The Morgan fingerprint density at radius 3 is 2.80 bits per heavy atom. The van der Waals surface area contributed by atoms with Gasteiger partial charge in [0.05, 0.1) is 19.9 Å². The molecule has 1 aromatic heterocycles. The molecule has 0 bridgehead atoms. The molecule has 0 fully saturated rings. The van der Waals surface area contributed by atoms with E-state index in [2.05, 4.69) is 30.6 Å². The molecule has 0 atom stereocenters. The van der Waals surface area contributed by atoms with E-state index in [1.807, 2.05) is 18.2 Å². The third-order valence-electron chi connectivity index (χ3n) is 2.67. The molecule has 2 aromatic rings. The number of esters is 1. The van der Waals surface area contributed by atoms with Crippen molar-refractivity contribution >= 4 is 21.9 Å². The van der Waals surface area contributed by atoms with E-state index in [4.69, 9.17) is 4.74 Å². The molecule has 1 heterocycles. The van der Waals surface area contributed by atoms with Gasteiger partial charge in [-0.05, 0) is 24.3 Å². The monoisotopic (exact) mass is 336 g/mol. The molecule has 1 aromatic carbocycles. The minimum atomic E-state index is -0.372. The summed E-state index contributed by atoms with van der Waals surface area (Å²) in [4.78, 5) is 19.7. The fourth-order valence-electron chi connectivity index (χ4n) is 1.72. The Bertz CT molecular complexity index is 632. The minimum absolute atomic E-state index is 0.0423. The van der Waals surface area contributed by atoms with E-state index in [0.717, 1.165) is 10.0 Å². The Labute approximate surface area is 125 Å². The van der Waals surface area contributed by atoms with Crippen molar-refractivity contribution in [3.63, 3.8) is 0 Å². The van der Waals surface area contributed by atoms with Crippen LogP contribution >= 0.6 is 15.9 Å². The number of benzene rings is 1. The molecule has 0 spiro atoms. The number of hydrogen-bond donors (Lipinski definition) is 0. The summed E-state index contributed by atoms with van der Waals surface area (Å²) in [7, 11) is 2.94. The lowest BCUT2D eigenvalue weighted by atomic mass is 10.1. The van der Waals surface area contributed by atoms with Crippen LogP contribution in [0.1, 0.15) is 5.82 Å². The number of ether oxygens (including phenoxy) is 2. The molecule has 6 heteroatoms. The van der Waals surface area contributed by atoms with Gasteiger partial charge in [0.25, 0.3) is 0 Å². The molecule has 20 heavy (non-hydrogen) atoms. The van der Waals surface area contributed by atoms with Crippen LogP contribution in [0.25, 0.3) is 11.3 Å². The van der Waals surface area contributed by atoms with Crippen molar-refractivity contribution in [1.82, 2.24) is 9.97 Å². The van der Waals surface area contributed by atoms with Crippen molar-refractivity contribution in [2.45, 2.75) is 6.42 Å². The largest absolute Gasteiger partial charge is 0.496 e. The Morgan fingerprint density at radius 2 is 2.10 bits per heavy atom. The highest BCUT2D eigenvalue weighted by Gasteiger charge is 2.11. The van der Waals surface area contributed by atoms with Crippen LogP contribution in [-0.4, -0.2) is 30.2 Å². The van der Waals surface area contributed by atoms with Crippen molar-refractivity contribution in [1.29, 1.82) is 0 Å². The van der Waals surface area contributed by atoms with Gasteiger partial charge in [0, 0.05) is 16.2 Å². The van der Waals surface area contributed by atoms with Crippen LogP contribution in [0.5, 0.6) is 5.75 Å².